The van der Waals surface area contributed by atoms with Gasteiger partial charge in [-0.3, -0.25) is 0 Å². The SMILES string of the molecule is CCCc1nc(C2COCCO2)nc(N)c1I. The summed E-state index contributed by atoms with van der Waals surface area (Å²) in [5.41, 5.74) is 6.91. The van der Waals surface area contributed by atoms with Crippen molar-refractivity contribution in [3.63, 3.8) is 0 Å². The van der Waals surface area contributed by atoms with E-state index in [1.807, 2.05) is 0 Å². The first kappa shape index (κ1) is 13.0. The van der Waals surface area contributed by atoms with Gasteiger partial charge in [-0.1, -0.05) is 13.3 Å². The molecule has 0 aliphatic carbocycles. The molecule has 0 spiro atoms. The zero-order valence-electron chi connectivity index (χ0n) is 9.78. The maximum Gasteiger partial charge on any atom is 0.162 e. The van der Waals surface area contributed by atoms with Crippen molar-refractivity contribution in [1.29, 1.82) is 0 Å². The van der Waals surface area contributed by atoms with Crippen LogP contribution in [0.1, 0.15) is 31.0 Å². The van der Waals surface area contributed by atoms with Crippen molar-refractivity contribution in [3.05, 3.63) is 15.1 Å². The summed E-state index contributed by atoms with van der Waals surface area (Å²) < 4.78 is 11.9. The van der Waals surface area contributed by atoms with Gasteiger partial charge in [-0.2, -0.15) is 0 Å². The van der Waals surface area contributed by atoms with Crippen LogP contribution >= 0.6 is 22.6 Å². The Labute approximate surface area is 114 Å². The van der Waals surface area contributed by atoms with Crippen molar-refractivity contribution in [1.82, 2.24) is 9.97 Å². The monoisotopic (exact) mass is 349 g/mol. The van der Waals surface area contributed by atoms with Gasteiger partial charge in [0, 0.05) is 0 Å². The van der Waals surface area contributed by atoms with Crippen molar-refractivity contribution >= 4 is 28.4 Å². The summed E-state index contributed by atoms with van der Waals surface area (Å²) in [4.78, 5) is 8.84. The number of anilines is 1. The fourth-order valence-electron chi connectivity index (χ4n) is 1.72. The van der Waals surface area contributed by atoms with Crippen LogP contribution < -0.4 is 5.73 Å². The van der Waals surface area contributed by atoms with Gasteiger partial charge in [-0.25, -0.2) is 9.97 Å². The van der Waals surface area contributed by atoms with E-state index in [0.29, 0.717) is 31.5 Å². The van der Waals surface area contributed by atoms with Crippen LogP contribution in [0.4, 0.5) is 5.82 Å². The van der Waals surface area contributed by atoms with Gasteiger partial charge in [0.05, 0.1) is 29.1 Å². The Bertz CT molecular complexity index is 395. The number of ether oxygens (including phenoxy) is 2. The molecule has 0 aromatic carbocycles. The Balaban J connectivity index is 2.27. The molecular formula is C11H16IN3O2. The standard InChI is InChI=1S/C11H16IN3O2/c1-2-3-7-9(12)10(13)15-11(14-7)8-6-16-4-5-17-8/h8H,2-6H2,1H3,(H2,13,14,15). The van der Waals surface area contributed by atoms with Gasteiger partial charge in [0.15, 0.2) is 5.82 Å². The molecule has 1 atom stereocenters. The molecule has 2 N–H and O–H groups in total. The predicted octanol–water partition coefficient (Wildman–Crippen LogP) is 1.70. The van der Waals surface area contributed by atoms with E-state index in [1.54, 1.807) is 0 Å². The van der Waals surface area contributed by atoms with Gasteiger partial charge in [-0.05, 0) is 29.0 Å². The molecule has 94 valence electrons. The molecule has 17 heavy (non-hydrogen) atoms. The molecule has 1 aliphatic heterocycles. The second kappa shape index (κ2) is 5.92. The number of hydrogen-bond acceptors (Lipinski definition) is 5. The highest BCUT2D eigenvalue weighted by molar-refractivity contribution is 14.1. The zero-order valence-corrected chi connectivity index (χ0v) is 11.9. The van der Waals surface area contributed by atoms with Crippen LogP contribution in [-0.4, -0.2) is 29.8 Å². The van der Waals surface area contributed by atoms with E-state index in [2.05, 4.69) is 39.5 Å². The number of aryl methyl sites for hydroxylation is 1. The van der Waals surface area contributed by atoms with E-state index < -0.39 is 0 Å². The van der Waals surface area contributed by atoms with Gasteiger partial charge in [0.25, 0.3) is 0 Å². The first-order valence-corrected chi connectivity index (χ1v) is 6.81. The second-order valence-electron chi connectivity index (χ2n) is 3.91. The highest BCUT2D eigenvalue weighted by atomic mass is 127. The number of nitrogens with zero attached hydrogens (tertiary/aromatic N) is 2. The third kappa shape index (κ3) is 3.05. The quantitative estimate of drug-likeness (QED) is 0.842. The molecular weight excluding hydrogens is 333 g/mol. The van der Waals surface area contributed by atoms with Gasteiger partial charge in [0.2, 0.25) is 0 Å². The molecule has 1 aliphatic rings. The van der Waals surface area contributed by atoms with Crippen molar-refractivity contribution in [2.45, 2.75) is 25.9 Å². The van der Waals surface area contributed by atoms with Gasteiger partial charge in [0.1, 0.15) is 11.9 Å². The zero-order chi connectivity index (χ0) is 12.3. The molecule has 0 radical (unpaired) electrons. The summed E-state index contributed by atoms with van der Waals surface area (Å²) in [6.45, 7) is 3.85. The third-order valence-corrected chi connectivity index (χ3v) is 3.73. The number of halogens is 1. The molecule has 5 nitrogen and oxygen atoms in total. The van der Waals surface area contributed by atoms with E-state index in [4.69, 9.17) is 15.2 Å². The summed E-state index contributed by atoms with van der Waals surface area (Å²) in [5, 5.41) is 0. The number of nitrogens with two attached hydrogens (primary N) is 1. The number of aromatic nitrogens is 2. The van der Waals surface area contributed by atoms with Crippen LogP contribution in [0.25, 0.3) is 0 Å². The lowest BCUT2D eigenvalue weighted by atomic mass is 10.2. The van der Waals surface area contributed by atoms with E-state index in [1.165, 1.54) is 0 Å². The smallest absolute Gasteiger partial charge is 0.162 e. The van der Waals surface area contributed by atoms with E-state index in [-0.39, 0.29) is 6.10 Å². The molecule has 6 heteroatoms. The van der Waals surface area contributed by atoms with E-state index in [0.717, 1.165) is 22.1 Å². The number of rotatable bonds is 3. The molecule has 1 aromatic heterocycles. The summed E-state index contributed by atoms with van der Waals surface area (Å²) in [6.07, 6.45) is 1.76. The highest BCUT2D eigenvalue weighted by Crippen LogP contribution is 2.23. The molecule has 2 heterocycles. The maximum absolute atomic E-state index is 5.90. The average molecular weight is 349 g/mol. The lowest BCUT2D eigenvalue weighted by molar-refractivity contribution is -0.0935. The molecule has 1 fully saturated rings. The molecule has 2 rings (SSSR count). The second-order valence-corrected chi connectivity index (χ2v) is 4.99. The largest absolute Gasteiger partial charge is 0.383 e. The first-order chi connectivity index (χ1) is 8.22. The Hall–Kier alpha value is -0.470. The summed E-state index contributed by atoms with van der Waals surface area (Å²) in [5.74, 6) is 1.18. The van der Waals surface area contributed by atoms with Crippen LogP contribution in [0.15, 0.2) is 0 Å². The highest BCUT2D eigenvalue weighted by Gasteiger charge is 2.21. The Morgan fingerprint density at radius 2 is 2.24 bits per heavy atom. The fourth-order valence-corrected chi connectivity index (χ4v) is 2.23. The number of nitrogen functional groups attached to an aromatic ring is 1. The molecule has 1 saturated heterocycles. The van der Waals surface area contributed by atoms with Crippen LogP contribution in [0, 0.1) is 3.57 Å². The summed E-state index contributed by atoms with van der Waals surface area (Å²) >= 11 is 2.19. The van der Waals surface area contributed by atoms with Crippen molar-refractivity contribution in [3.8, 4) is 0 Å². The van der Waals surface area contributed by atoms with Crippen molar-refractivity contribution in [2.75, 3.05) is 25.6 Å². The predicted molar refractivity (Wildman–Crippen MR) is 72.7 cm³/mol. The molecule has 0 saturated carbocycles. The topological polar surface area (TPSA) is 70.3 Å². The van der Waals surface area contributed by atoms with E-state index in [9.17, 15) is 0 Å². The minimum atomic E-state index is -0.182. The third-order valence-electron chi connectivity index (χ3n) is 2.55. The van der Waals surface area contributed by atoms with Crippen LogP contribution in [0.2, 0.25) is 0 Å². The van der Waals surface area contributed by atoms with Crippen LogP contribution in [0.5, 0.6) is 0 Å². The normalized spacial score (nSPS) is 20.5. The summed E-state index contributed by atoms with van der Waals surface area (Å²) in [7, 11) is 0. The van der Waals surface area contributed by atoms with Crippen molar-refractivity contribution in [2.24, 2.45) is 0 Å². The Kier molecular flexibility index (Phi) is 4.52. The van der Waals surface area contributed by atoms with Crippen LogP contribution in [-0.2, 0) is 15.9 Å². The molecule has 0 bridgehead atoms. The molecule has 1 aromatic rings. The van der Waals surface area contributed by atoms with Crippen molar-refractivity contribution < 1.29 is 9.47 Å². The van der Waals surface area contributed by atoms with E-state index >= 15 is 0 Å². The lowest BCUT2D eigenvalue weighted by Crippen LogP contribution is -2.24. The average Bonchev–Trinajstić information content (AvgIpc) is 2.36. The van der Waals surface area contributed by atoms with Gasteiger partial charge < -0.3 is 15.2 Å². The van der Waals surface area contributed by atoms with Gasteiger partial charge in [-0.15, -0.1) is 0 Å². The van der Waals surface area contributed by atoms with Crippen LogP contribution in [0.3, 0.4) is 0 Å². The summed E-state index contributed by atoms with van der Waals surface area (Å²) in [6, 6.07) is 0. The lowest BCUT2D eigenvalue weighted by Gasteiger charge is -2.22. The minimum absolute atomic E-state index is 0.182. The Morgan fingerprint density at radius 3 is 2.88 bits per heavy atom. The first-order valence-electron chi connectivity index (χ1n) is 5.73. The Morgan fingerprint density at radius 1 is 1.41 bits per heavy atom. The van der Waals surface area contributed by atoms with Gasteiger partial charge >= 0.3 is 0 Å². The number of hydrogen-bond donors (Lipinski definition) is 1. The fraction of sp³-hybridized carbons (Fsp3) is 0.636. The maximum atomic E-state index is 5.90. The molecule has 0 amide bonds. The minimum Gasteiger partial charge on any atom is -0.383 e. The molecule has 1 unspecified atom stereocenters.